The van der Waals surface area contributed by atoms with Crippen molar-refractivity contribution in [3.63, 3.8) is 0 Å². The van der Waals surface area contributed by atoms with E-state index in [2.05, 4.69) is 11.8 Å². The van der Waals surface area contributed by atoms with E-state index >= 15 is 0 Å². The molecule has 4 heteroatoms. The van der Waals surface area contributed by atoms with Gasteiger partial charge in [0.2, 0.25) is 0 Å². The maximum atomic E-state index is 13.5. The number of aliphatic hydroxyl groups excluding tert-OH is 1. The second-order valence-corrected chi connectivity index (χ2v) is 3.25. The molecule has 1 aromatic carbocycles. The Kier molecular flexibility index (Phi) is 3.19. The lowest BCUT2D eigenvalue weighted by Crippen LogP contribution is -1.98. The second-order valence-electron chi connectivity index (χ2n) is 3.25. The average molecular weight is 209 g/mol. The largest absolute Gasteiger partial charge is 0.508 e. The molecule has 0 heterocycles. The van der Waals surface area contributed by atoms with Crippen molar-refractivity contribution in [3.05, 3.63) is 40.1 Å². The highest BCUT2D eigenvalue weighted by atomic mass is 19.1. The van der Waals surface area contributed by atoms with E-state index < -0.39 is 5.82 Å². The monoisotopic (exact) mass is 209 g/mol. The fourth-order valence-electron chi connectivity index (χ4n) is 1.59. The molecule has 1 rings (SSSR count). The van der Waals surface area contributed by atoms with Gasteiger partial charge in [0.1, 0.15) is 11.4 Å². The molecular formula is C11H12FNO2. The molecule has 0 aromatic heterocycles. The van der Waals surface area contributed by atoms with Gasteiger partial charge in [0.15, 0.2) is 5.82 Å². The van der Waals surface area contributed by atoms with E-state index in [0.717, 1.165) is 0 Å². The normalized spacial score (nSPS) is 10.1. The van der Waals surface area contributed by atoms with Crippen LogP contribution in [0.2, 0.25) is 0 Å². The lowest BCUT2D eigenvalue weighted by atomic mass is 9.97. The van der Waals surface area contributed by atoms with Crippen LogP contribution in [0.25, 0.3) is 5.76 Å². The maximum absolute atomic E-state index is 13.5. The molecule has 15 heavy (non-hydrogen) atoms. The van der Waals surface area contributed by atoms with Gasteiger partial charge in [-0.3, -0.25) is 0 Å². The Morgan fingerprint density at radius 2 is 2.27 bits per heavy atom. The first kappa shape index (κ1) is 11.4. The zero-order valence-electron chi connectivity index (χ0n) is 8.67. The quantitative estimate of drug-likeness (QED) is 0.610. The summed E-state index contributed by atoms with van der Waals surface area (Å²) in [5, 5.41) is 11.9. The molecule has 0 aliphatic rings. The van der Waals surface area contributed by atoms with Crippen LogP contribution >= 0.6 is 0 Å². The predicted octanol–water partition coefficient (Wildman–Crippen LogP) is 3.62. The number of nitrogens with zero attached hydrogens (tertiary/aromatic N) is 1. The molecule has 3 nitrogen and oxygen atoms in total. The lowest BCUT2D eigenvalue weighted by Gasteiger charge is -2.11. The molecule has 1 aromatic rings. The molecule has 0 saturated carbocycles. The van der Waals surface area contributed by atoms with Crippen molar-refractivity contribution in [2.75, 3.05) is 0 Å². The molecule has 0 amide bonds. The zero-order valence-corrected chi connectivity index (χ0v) is 8.67. The van der Waals surface area contributed by atoms with Gasteiger partial charge in [-0.2, -0.15) is 0 Å². The van der Waals surface area contributed by atoms with Gasteiger partial charge < -0.3 is 5.11 Å². The summed E-state index contributed by atoms with van der Waals surface area (Å²) in [5.41, 5.74) is 1.06. The van der Waals surface area contributed by atoms with Gasteiger partial charge in [-0.25, -0.2) is 4.39 Å². The minimum atomic E-state index is -0.633. The minimum Gasteiger partial charge on any atom is -0.508 e. The Labute approximate surface area is 87.2 Å². The number of aliphatic hydroxyl groups is 1. The fourth-order valence-corrected chi connectivity index (χ4v) is 1.59. The van der Waals surface area contributed by atoms with Gasteiger partial charge in [-0.1, -0.05) is 13.5 Å². The number of hydrogen-bond acceptors (Lipinski definition) is 3. The van der Waals surface area contributed by atoms with Gasteiger partial charge in [0, 0.05) is 5.56 Å². The van der Waals surface area contributed by atoms with Gasteiger partial charge in [-0.05, 0) is 35.7 Å². The molecule has 0 aliphatic carbocycles. The highest BCUT2D eigenvalue weighted by Gasteiger charge is 2.15. The van der Waals surface area contributed by atoms with Crippen molar-refractivity contribution in [1.82, 2.24) is 0 Å². The van der Waals surface area contributed by atoms with Crippen LogP contribution in [-0.2, 0) is 6.42 Å². The Morgan fingerprint density at radius 3 is 2.67 bits per heavy atom. The van der Waals surface area contributed by atoms with E-state index in [1.54, 1.807) is 6.92 Å². The third-order valence-corrected chi connectivity index (χ3v) is 2.38. The van der Waals surface area contributed by atoms with Crippen LogP contribution in [0.4, 0.5) is 10.1 Å². The molecular weight excluding hydrogens is 197 g/mol. The first-order valence-corrected chi connectivity index (χ1v) is 4.56. The number of rotatable bonds is 3. The van der Waals surface area contributed by atoms with Gasteiger partial charge in [0.25, 0.3) is 0 Å². The summed E-state index contributed by atoms with van der Waals surface area (Å²) in [6.07, 6.45) is 0.552. The standard InChI is InChI=1S/C11H12FNO2/c1-4-8-6(2)11(12)10(13-15)5-9(8)7(3)14/h5,14H,3-4H2,1-2H3. The molecule has 0 bridgehead atoms. The Bertz CT molecular complexity index is 427. The summed E-state index contributed by atoms with van der Waals surface area (Å²) in [5.74, 6) is -0.813. The van der Waals surface area contributed by atoms with E-state index in [1.165, 1.54) is 6.07 Å². The molecule has 80 valence electrons. The summed E-state index contributed by atoms with van der Waals surface area (Å²) in [4.78, 5) is 10.4. The predicted molar refractivity (Wildman–Crippen MR) is 57.6 cm³/mol. The maximum Gasteiger partial charge on any atom is 0.155 e. The highest BCUT2D eigenvalue weighted by molar-refractivity contribution is 5.66. The van der Waals surface area contributed by atoms with Crippen LogP contribution in [0, 0.1) is 17.6 Å². The summed E-state index contributed by atoms with van der Waals surface area (Å²) in [7, 11) is 0. The van der Waals surface area contributed by atoms with Crippen LogP contribution in [0.1, 0.15) is 23.6 Å². The van der Waals surface area contributed by atoms with Crippen LogP contribution in [0.3, 0.4) is 0 Å². The van der Waals surface area contributed by atoms with Crippen molar-refractivity contribution in [3.8, 4) is 0 Å². The summed E-state index contributed by atoms with van der Waals surface area (Å²) in [6.45, 7) is 6.76. The Hall–Kier alpha value is -1.71. The van der Waals surface area contributed by atoms with Crippen LogP contribution in [0.15, 0.2) is 17.8 Å². The summed E-state index contributed by atoms with van der Waals surface area (Å²) < 4.78 is 13.5. The molecule has 1 N–H and O–H groups in total. The molecule has 0 saturated heterocycles. The molecule has 0 aliphatic heterocycles. The van der Waals surface area contributed by atoms with Crippen molar-refractivity contribution >= 4 is 11.4 Å². The van der Waals surface area contributed by atoms with Gasteiger partial charge >= 0.3 is 0 Å². The molecule has 0 atom stereocenters. The van der Waals surface area contributed by atoms with Gasteiger partial charge in [-0.15, -0.1) is 4.91 Å². The third-order valence-electron chi connectivity index (χ3n) is 2.38. The molecule has 0 radical (unpaired) electrons. The van der Waals surface area contributed by atoms with E-state index in [-0.39, 0.29) is 11.4 Å². The molecule has 0 spiro atoms. The fraction of sp³-hybridized carbons (Fsp3) is 0.273. The van der Waals surface area contributed by atoms with Crippen molar-refractivity contribution < 1.29 is 9.50 Å². The highest BCUT2D eigenvalue weighted by Crippen LogP contribution is 2.30. The zero-order chi connectivity index (χ0) is 11.6. The van der Waals surface area contributed by atoms with Crippen molar-refractivity contribution in [1.29, 1.82) is 0 Å². The SMILES string of the molecule is C=C(O)c1cc(N=O)c(F)c(C)c1CC. The van der Waals surface area contributed by atoms with E-state index in [9.17, 15) is 14.4 Å². The third kappa shape index (κ3) is 1.88. The first-order chi connectivity index (χ1) is 7.02. The Morgan fingerprint density at radius 1 is 1.67 bits per heavy atom. The smallest absolute Gasteiger partial charge is 0.155 e. The lowest BCUT2D eigenvalue weighted by molar-refractivity contribution is 0.512. The minimum absolute atomic E-state index is 0.181. The van der Waals surface area contributed by atoms with E-state index in [4.69, 9.17) is 0 Å². The number of halogens is 1. The van der Waals surface area contributed by atoms with E-state index in [1.807, 2.05) is 6.92 Å². The number of hydrogen-bond donors (Lipinski definition) is 1. The average Bonchev–Trinajstić information content (AvgIpc) is 2.21. The van der Waals surface area contributed by atoms with Crippen molar-refractivity contribution in [2.24, 2.45) is 5.18 Å². The van der Waals surface area contributed by atoms with Gasteiger partial charge in [0.05, 0.1) is 0 Å². The number of benzene rings is 1. The summed E-state index contributed by atoms with van der Waals surface area (Å²) >= 11 is 0. The summed E-state index contributed by atoms with van der Waals surface area (Å²) in [6, 6.07) is 1.22. The van der Waals surface area contributed by atoms with Crippen LogP contribution in [-0.4, -0.2) is 5.11 Å². The molecule has 0 fully saturated rings. The first-order valence-electron chi connectivity index (χ1n) is 4.56. The van der Waals surface area contributed by atoms with Crippen LogP contribution < -0.4 is 0 Å². The number of nitroso groups, excluding NO2 is 1. The second kappa shape index (κ2) is 4.21. The van der Waals surface area contributed by atoms with Crippen LogP contribution in [0.5, 0.6) is 0 Å². The topological polar surface area (TPSA) is 49.7 Å². The Balaban J connectivity index is 3.58. The van der Waals surface area contributed by atoms with E-state index in [0.29, 0.717) is 23.1 Å². The van der Waals surface area contributed by atoms with Crippen molar-refractivity contribution in [2.45, 2.75) is 20.3 Å². The molecule has 0 unspecified atom stereocenters.